The van der Waals surface area contributed by atoms with Gasteiger partial charge in [-0.2, -0.15) is 0 Å². The quantitative estimate of drug-likeness (QED) is 0.0243. The highest BCUT2D eigenvalue weighted by molar-refractivity contribution is 7.47. The van der Waals surface area contributed by atoms with E-state index in [1.165, 1.54) is 295 Å². The van der Waals surface area contributed by atoms with Crippen LogP contribution in [0.5, 0.6) is 0 Å². The molecule has 0 aliphatic carbocycles. The van der Waals surface area contributed by atoms with Crippen LogP contribution in [0.25, 0.3) is 0 Å². The summed E-state index contributed by atoms with van der Waals surface area (Å²) in [6, 6.07) is -0.848. The highest BCUT2D eigenvalue weighted by Crippen LogP contribution is 2.43. The summed E-state index contributed by atoms with van der Waals surface area (Å²) in [6.45, 7) is 4.76. The summed E-state index contributed by atoms with van der Waals surface area (Å²) in [5, 5.41) is 14.0. The molecule has 1 amide bonds. The van der Waals surface area contributed by atoms with Crippen molar-refractivity contribution in [1.82, 2.24) is 5.32 Å². The van der Waals surface area contributed by atoms with Crippen LogP contribution in [-0.2, 0) is 18.4 Å². The van der Waals surface area contributed by atoms with Gasteiger partial charge in [-0.1, -0.05) is 370 Å². The molecule has 3 unspecified atom stereocenters. The number of hydrogen-bond donors (Lipinski definition) is 3. The molecule has 0 heterocycles. The zero-order valence-corrected chi connectivity index (χ0v) is 59.0. The van der Waals surface area contributed by atoms with Crippen molar-refractivity contribution in [2.24, 2.45) is 0 Å². The first-order chi connectivity index (χ1) is 42.0. The molecular formula is C77H148N2O6P+. The molecule has 0 rings (SSSR count). The molecule has 0 spiro atoms. The molecule has 0 radical (unpaired) electrons. The molecule has 0 aromatic heterocycles. The number of likely N-dealkylation sites (N-methyl/N-ethyl adjacent to an activating group) is 1. The Kier molecular flexibility index (Phi) is 66.2. The highest BCUT2D eigenvalue weighted by atomic mass is 31.2. The van der Waals surface area contributed by atoms with Crippen molar-refractivity contribution in [1.29, 1.82) is 0 Å². The Morgan fingerprint density at radius 1 is 0.407 bits per heavy atom. The number of nitrogens with one attached hydrogen (secondary N) is 1. The van der Waals surface area contributed by atoms with E-state index >= 15 is 0 Å². The van der Waals surface area contributed by atoms with Gasteiger partial charge in [-0.25, -0.2) is 4.57 Å². The van der Waals surface area contributed by atoms with Crippen molar-refractivity contribution in [3.8, 4) is 0 Å². The van der Waals surface area contributed by atoms with Gasteiger partial charge < -0.3 is 19.8 Å². The predicted molar refractivity (Wildman–Crippen MR) is 378 cm³/mol. The number of rotatable bonds is 70. The summed E-state index contributed by atoms with van der Waals surface area (Å²) >= 11 is 0. The number of carbonyl (C=O) groups is 1. The van der Waals surface area contributed by atoms with Crippen molar-refractivity contribution in [2.75, 3.05) is 40.9 Å². The number of nitrogens with zero attached hydrogens (tertiary/aromatic N) is 1. The second-order valence-corrected chi connectivity index (χ2v) is 28.5. The molecule has 9 heteroatoms. The van der Waals surface area contributed by atoms with Crippen LogP contribution in [0.15, 0.2) is 60.8 Å². The van der Waals surface area contributed by atoms with E-state index in [1.54, 1.807) is 6.08 Å². The molecule has 0 aromatic rings. The Morgan fingerprint density at radius 2 is 0.698 bits per heavy atom. The first kappa shape index (κ1) is 84.2. The van der Waals surface area contributed by atoms with E-state index in [4.69, 9.17) is 9.05 Å². The van der Waals surface area contributed by atoms with Gasteiger partial charge in [0.1, 0.15) is 13.2 Å². The molecule has 0 saturated carbocycles. The van der Waals surface area contributed by atoms with Crippen molar-refractivity contribution in [3.05, 3.63) is 60.8 Å². The van der Waals surface area contributed by atoms with E-state index in [2.05, 4.69) is 67.8 Å². The lowest BCUT2D eigenvalue weighted by molar-refractivity contribution is -0.870. The van der Waals surface area contributed by atoms with Crippen molar-refractivity contribution in [2.45, 2.75) is 386 Å². The number of hydrogen-bond acceptors (Lipinski definition) is 5. The number of unbranched alkanes of at least 4 members (excludes halogenated alkanes) is 49. The summed E-state index contributed by atoms with van der Waals surface area (Å²) in [5.74, 6) is -0.169. The van der Waals surface area contributed by atoms with Crippen LogP contribution in [0.1, 0.15) is 373 Å². The summed E-state index contributed by atoms with van der Waals surface area (Å²) in [4.78, 5) is 23.5. The summed E-state index contributed by atoms with van der Waals surface area (Å²) < 4.78 is 23.9. The number of allylic oxidation sites excluding steroid dienone is 9. The third-order valence-corrected chi connectivity index (χ3v) is 18.2. The fraction of sp³-hybridized carbons (Fsp3) is 0.857. The van der Waals surface area contributed by atoms with Crippen LogP contribution in [0.4, 0.5) is 0 Å². The van der Waals surface area contributed by atoms with E-state index in [0.717, 1.165) is 57.8 Å². The zero-order valence-electron chi connectivity index (χ0n) is 58.1. The zero-order chi connectivity index (χ0) is 62.6. The second-order valence-electron chi connectivity index (χ2n) is 27.0. The summed E-state index contributed by atoms with van der Waals surface area (Å²) in [6.07, 6.45) is 93.9. The van der Waals surface area contributed by atoms with Crippen LogP contribution < -0.4 is 5.32 Å². The standard InChI is InChI=1S/C77H147N2O6P/c1-6-8-10-12-14-16-18-20-22-24-26-28-30-32-34-35-36-37-38-39-40-41-42-43-45-47-49-51-53-55-57-59-61-63-65-67-69-71-77(81)78-75(74-85-86(82,83)84-73-72-79(3,4)5)76(80)70-68-66-64-62-60-58-56-54-52-50-48-46-44-33-31-29-27-25-23-21-19-17-15-13-11-9-7-2/h8,10,14,16,20,22,26,28,68,70,75-76,80H,6-7,9,11-13,15,17-19,21,23-25,27,29-67,69,71-74H2,1-5H3,(H-,78,81,82,83)/p+1/b10-8-,16-14-,22-20-,28-26-,70-68+. The Bertz CT molecular complexity index is 1590. The highest BCUT2D eigenvalue weighted by Gasteiger charge is 2.28. The molecule has 3 atom stereocenters. The number of phosphoric acid groups is 1. The van der Waals surface area contributed by atoms with Crippen LogP contribution in [0.2, 0.25) is 0 Å². The maximum Gasteiger partial charge on any atom is 0.472 e. The van der Waals surface area contributed by atoms with Gasteiger partial charge in [0.25, 0.3) is 0 Å². The first-order valence-electron chi connectivity index (χ1n) is 37.7. The molecule has 0 aliphatic heterocycles. The van der Waals surface area contributed by atoms with Gasteiger partial charge >= 0.3 is 7.82 Å². The predicted octanol–water partition coefficient (Wildman–Crippen LogP) is 24.3. The van der Waals surface area contributed by atoms with E-state index in [-0.39, 0.29) is 19.1 Å². The Labute approximate surface area is 536 Å². The number of quaternary nitrogens is 1. The number of aliphatic hydroxyl groups is 1. The van der Waals surface area contributed by atoms with Crippen molar-refractivity contribution >= 4 is 13.7 Å². The molecule has 0 aromatic carbocycles. The molecule has 0 bridgehead atoms. The Hall–Kier alpha value is -1.80. The lowest BCUT2D eigenvalue weighted by Crippen LogP contribution is -2.45. The number of aliphatic hydroxyl groups excluding tert-OH is 1. The minimum absolute atomic E-state index is 0.0631. The lowest BCUT2D eigenvalue weighted by atomic mass is 10.0. The van der Waals surface area contributed by atoms with Crippen LogP contribution in [0.3, 0.4) is 0 Å². The Morgan fingerprint density at radius 3 is 1.02 bits per heavy atom. The van der Waals surface area contributed by atoms with Gasteiger partial charge in [0.05, 0.1) is 39.9 Å². The van der Waals surface area contributed by atoms with E-state index in [9.17, 15) is 19.4 Å². The van der Waals surface area contributed by atoms with Gasteiger partial charge in [0, 0.05) is 6.42 Å². The minimum atomic E-state index is -4.36. The fourth-order valence-corrected chi connectivity index (χ4v) is 12.2. The van der Waals surface area contributed by atoms with E-state index in [0.29, 0.717) is 17.4 Å². The number of amides is 1. The van der Waals surface area contributed by atoms with Gasteiger partial charge in [-0.3, -0.25) is 13.8 Å². The normalized spacial score (nSPS) is 13.9. The molecular weight excluding hydrogens is 1080 g/mol. The minimum Gasteiger partial charge on any atom is -0.387 e. The third-order valence-electron chi connectivity index (χ3n) is 17.2. The largest absolute Gasteiger partial charge is 0.472 e. The molecule has 506 valence electrons. The van der Waals surface area contributed by atoms with Crippen LogP contribution in [-0.4, -0.2) is 73.4 Å². The van der Waals surface area contributed by atoms with Crippen LogP contribution in [0, 0.1) is 0 Å². The molecule has 3 N–H and O–H groups in total. The third kappa shape index (κ3) is 69.7. The Balaban J connectivity index is 3.97. The monoisotopic (exact) mass is 1230 g/mol. The molecule has 0 aliphatic rings. The van der Waals surface area contributed by atoms with Gasteiger partial charge in [-0.05, 0) is 57.8 Å². The molecule has 0 saturated heterocycles. The summed E-state index contributed by atoms with van der Waals surface area (Å²) in [5.41, 5.74) is 0. The van der Waals surface area contributed by atoms with E-state index in [1.807, 2.05) is 27.2 Å². The smallest absolute Gasteiger partial charge is 0.387 e. The topological polar surface area (TPSA) is 105 Å². The van der Waals surface area contributed by atoms with Gasteiger partial charge in [-0.15, -0.1) is 0 Å². The van der Waals surface area contributed by atoms with Crippen LogP contribution >= 0.6 is 7.82 Å². The maximum absolute atomic E-state index is 13.1. The average Bonchev–Trinajstić information content (AvgIpc) is 3.70. The van der Waals surface area contributed by atoms with Gasteiger partial charge in [0.15, 0.2) is 0 Å². The first-order valence-corrected chi connectivity index (χ1v) is 39.2. The van der Waals surface area contributed by atoms with Crippen molar-refractivity contribution in [3.63, 3.8) is 0 Å². The average molecular weight is 1230 g/mol. The number of carbonyl (C=O) groups excluding carboxylic acids is 1. The second kappa shape index (κ2) is 67.6. The lowest BCUT2D eigenvalue weighted by Gasteiger charge is -2.25. The molecule has 86 heavy (non-hydrogen) atoms. The molecule has 0 fully saturated rings. The van der Waals surface area contributed by atoms with Crippen molar-refractivity contribution < 1.29 is 32.9 Å². The fourth-order valence-electron chi connectivity index (χ4n) is 11.5. The maximum atomic E-state index is 13.1. The van der Waals surface area contributed by atoms with E-state index < -0.39 is 20.0 Å². The summed E-state index contributed by atoms with van der Waals surface area (Å²) in [7, 11) is 1.59. The van der Waals surface area contributed by atoms with Gasteiger partial charge in [0.2, 0.25) is 5.91 Å². The SMILES string of the molecule is CC/C=C\C/C=C\C/C=C\C/C=C\CCCCCCCCCCCCCCCCCCCCCCCCCCC(=O)NC(COP(=O)(O)OCC[N+](C)(C)C)C(O)/C=C/CCCCCCCCCCCCCCCCCCCCCCCCCCC. The molecule has 8 nitrogen and oxygen atoms in total. The number of phosphoric ester groups is 1.